The SMILES string of the molecule is C[C]1CCC(C(C)(C)O)CC1. The molecule has 0 spiro atoms. The Hall–Kier alpha value is -0.0400. The number of hydrogen-bond donors (Lipinski definition) is 1. The molecule has 0 aromatic heterocycles. The van der Waals surface area contributed by atoms with Crippen LogP contribution < -0.4 is 0 Å². The second-order valence-electron chi connectivity index (χ2n) is 4.39. The average molecular weight is 155 g/mol. The molecule has 1 heteroatoms. The van der Waals surface area contributed by atoms with E-state index < -0.39 is 5.60 Å². The fraction of sp³-hybridized carbons (Fsp3) is 0.900. The molecule has 0 aromatic rings. The van der Waals surface area contributed by atoms with E-state index in [1.807, 2.05) is 13.8 Å². The monoisotopic (exact) mass is 155 g/mol. The van der Waals surface area contributed by atoms with Crippen molar-refractivity contribution >= 4 is 0 Å². The Morgan fingerprint density at radius 3 is 2.09 bits per heavy atom. The van der Waals surface area contributed by atoms with E-state index in [1.165, 1.54) is 25.7 Å². The molecule has 0 aromatic carbocycles. The third-order valence-corrected chi connectivity index (χ3v) is 2.84. The van der Waals surface area contributed by atoms with Crippen molar-refractivity contribution in [1.82, 2.24) is 0 Å². The van der Waals surface area contributed by atoms with Crippen molar-refractivity contribution in [2.24, 2.45) is 5.92 Å². The Bertz CT molecular complexity index is 115. The molecule has 1 aliphatic carbocycles. The lowest BCUT2D eigenvalue weighted by Crippen LogP contribution is -2.33. The molecule has 1 rings (SSSR count). The van der Waals surface area contributed by atoms with Gasteiger partial charge in [0.25, 0.3) is 0 Å². The lowest BCUT2D eigenvalue weighted by atomic mass is 9.75. The van der Waals surface area contributed by atoms with E-state index in [1.54, 1.807) is 5.92 Å². The highest BCUT2D eigenvalue weighted by Crippen LogP contribution is 2.35. The van der Waals surface area contributed by atoms with Crippen LogP contribution in [0.25, 0.3) is 0 Å². The predicted octanol–water partition coefficient (Wildman–Crippen LogP) is 2.54. The first-order valence-corrected chi connectivity index (χ1v) is 4.54. The molecular formula is C10H19O. The maximum absolute atomic E-state index is 9.72. The Kier molecular flexibility index (Phi) is 2.58. The standard InChI is InChI=1S/C10H19O/c1-8-4-6-9(7-5-8)10(2,3)11/h9,11H,4-7H2,1-3H3. The molecule has 0 unspecified atom stereocenters. The zero-order valence-corrected chi connectivity index (χ0v) is 7.85. The molecule has 0 heterocycles. The Morgan fingerprint density at radius 1 is 1.27 bits per heavy atom. The predicted molar refractivity (Wildman–Crippen MR) is 47.2 cm³/mol. The molecule has 1 nitrogen and oxygen atoms in total. The molecule has 1 fully saturated rings. The summed E-state index contributed by atoms with van der Waals surface area (Å²) in [5.41, 5.74) is -0.458. The summed E-state index contributed by atoms with van der Waals surface area (Å²) in [5, 5.41) is 9.72. The molecule has 0 bridgehead atoms. The topological polar surface area (TPSA) is 20.2 Å². The Labute approximate surface area is 69.8 Å². The van der Waals surface area contributed by atoms with Crippen LogP contribution in [0.4, 0.5) is 0 Å². The molecule has 1 N–H and O–H groups in total. The smallest absolute Gasteiger partial charge is 0.0619 e. The van der Waals surface area contributed by atoms with Crippen molar-refractivity contribution in [3.63, 3.8) is 0 Å². The van der Waals surface area contributed by atoms with Crippen molar-refractivity contribution in [1.29, 1.82) is 0 Å². The highest BCUT2D eigenvalue weighted by atomic mass is 16.3. The number of rotatable bonds is 1. The number of hydrogen-bond acceptors (Lipinski definition) is 1. The van der Waals surface area contributed by atoms with Gasteiger partial charge in [0.05, 0.1) is 5.60 Å². The minimum atomic E-state index is -0.458. The van der Waals surface area contributed by atoms with Gasteiger partial charge in [-0.3, -0.25) is 0 Å². The second-order valence-corrected chi connectivity index (χ2v) is 4.39. The van der Waals surface area contributed by atoms with Crippen LogP contribution in [0.3, 0.4) is 0 Å². The van der Waals surface area contributed by atoms with E-state index in [2.05, 4.69) is 6.92 Å². The minimum absolute atomic E-state index is 0.458. The van der Waals surface area contributed by atoms with Gasteiger partial charge in [-0.2, -0.15) is 0 Å². The van der Waals surface area contributed by atoms with Crippen molar-refractivity contribution in [2.75, 3.05) is 0 Å². The van der Waals surface area contributed by atoms with Crippen LogP contribution in [-0.4, -0.2) is 10.7 Å². The minimum Gasteiger partial charge on any atom is -0.390 e. The lowest BCUT2D eigenvalue weighted by Gasteiger charge is -2.34. The molecule has 1 aliphatic rings. The lowest BCUT2D eigenvalue weighted by molar-refractivity contribution is 0.00320. The van der Waals surface area contributed by atoms with Gasteiger partial charge in [-0.25, -0.2) is 0 Å². The summed E-state index contributed by atoms with van der Waals surface area (Å²) < 4.78 is 0. The van der Waals surface area contributed by atoms with Crippen LogP contribution in [0.2, 0.25) is 0 Å². The highest BCUT2D eigenvalue weighted by molar-refractivity contribution is 4.93. The molecule has 0 saturated heterocycles. The van der Waals surface area contributed by atoms with Crippen LogP contribution in [-0.2, 0) is 0 Å². The normalized spacial score (nSPS) is 24.0. The first-order chi connectivity index (χ1) is 5.00. The van der Waals surface area contributed by atoms with E-state index in [0.29, 0.717) is 5.92 Å². The summed E-state index contributed by atoms with van der Waals surface area (Å²) in [4.78, 5) is 0. The fourth-order valence-electron chi connectivity index (χ4n) is 1.82. The molecule has 1 saturated carbocycles. The van der Waals surface area contributed by atoms with E-state index >= 15 is 0 Å². The summed E-state index contributed by atoms with van der Waals surface area (Å²) in [6.07, 6.45) is 4.79. The van der Waals surface area contributed by atoms with Crippen LogP contribution in [0, 0.1) is 11.8 Å². The summed E-state index contributed by atoms with van der Waals surface area (Å²) in [5.74, 6) is 2.12. The van der Waals surface area contributed by atoms with Gasteiger partial charge >= 0.3 is 0 Å². The van der Waals surface area contributed by atoms with Crippen molar-refractivity contribution < 1.29 is 5.11 Å². The third kappa shape index (κ3) is 2.48. The molecule has 0 amide bonds. The van der Waals surface area contributed by atoms with E-state index in [0.717, 1.165) is 0 Å². The maximum Gasteiger partial charge on any atom is 0.0619 e. The van der Waals surface area contributed by atoms with Gasteiger partial charge in [-0.05, 0) is 51.4 Å². The van der Waals surface area contributed by atoms with Gasteiger partial charge in [-0.15, -0.1) is 0 Å². The third-order valence-electron chi connectivity index (χ3n) is 2.84. The van der Waals surface area contributed by atoms with Crippen LogP contribution >= 0.6 is 0 Å². The van der Waals surface area contributed by atoms with Crippen LogP contribution in [0.5, 0.6) is 0 Å². The molecule has 1 radical (unpaired) electrons. The quantitative estimate of drug-likeness (QED) is 0.617. The molecule has 65 valence electrons. The summed E-state index contributed by atoms with van der Waals surface area (Å²) >= 11 is 0. The van der Waals surface area contributed by atoms with Gasteiger partial charge in [0.2, 0.25) is 0 Å². The Morgan fingerprint density at radius 2 is 1.73 bits per heavy atom. The average Bonchev–Trinajstić information content (AvgIpc) is 1.86. The number of aliphatic hydroxyl groups is 1. The fourth-order valence-corrected chi connectivity index (χ4v) is 1.82. The largest absolute Gasteiger partial charge is 0.390 e. The van der Waals surface area contributed by atoms with Crippen molar-refractivity contribution in [3.05, 3.63) is 5.92 Å². The van der Waals surface area contributed by atoms with E-state index in [-0.39, 0.29) is 0 Å². The van der Waals surface area contributed by atoms with Crippen LogP contribution in [0.1, 0.15) is 46.5 Å². The van der Waals surface area contributed by atoms with E-state index in [4.69, 9.17) is 0 Å². The van der Waals surface area contributed by atoms with E-state index in [9.17, 15) is 5.11 Å². The van der Waals surface area contributed by atoms with Gasteiger partial charge in [0, 0.05) is 0 Å². The summed E-state index contributed by atoms with van der Waals surface area (Å²) in [6.45, 7) is 6.08. The van der Waals surface area contributed by atoms with Crippen molar-refractivity contribution in [3.8, 4) is 0 Å². The zero-order chi connectivity index (χ0) is 8.48. The van der Waals surface area contributed by atoms with Gasteiger partial charge in [0.1, 0.15) is 0 Å². The molecule has 11 heavy (non-hydrogen) atoms. The Balaban J connectivity index is 2.39. The summed E-state index contributed by atoms with van der Waals surface area (Å²) in [7, 11) is 0. The van der Waals surface area contributed by atoms with Crippen LogP contribution in [0.15, 0.2) is 0 Å². The first kappa shape index (κ1) is 9.05. The maximum atomic E-state index is 9.72. The highest BCUT2D eigenvalue weighted by Gasteiger charge is 2.29. The molecular weight excluding hydrogens is 136 g/mol. The van der Waals surface area contributed by atoms with Crippen molar-refractivity contribution in [2.45, 2.75) is 52.1 Å². The molecule has 0 aliphatic heterocycles. The molecule has 0 atom stereocenters. The summed E-state index contributed by atoms with van der Waals surface area (Å²) in [6, 6.07) is 0. The second kappa shape index (κ2) is 3.14. The van der Waals surface area contributed by atoms with Gasteiger partial charge in [-0.1, -0.05) is 6.92 Å². The first-order valence-electron chi connectivity index (χ1n) is 4.54. The zero-order valence-electron chi connectivity index (χ0n) is 7.85. The van der Waals surface area contributed by atoms with Gasteiger partial charge < -0.3 is 5.11 Å². The van der Waals surface area contributed by atoms with Gasteiger partial charge in [0.15, 0.2) is 0 Å².